The van der Waals surface area contributed by atoms with E-state index < -0.39 is 11.8 Å². The predicted molar refractivity (Wildman–Crippen MR) is 125 cm³/mol. The Bertz CT molecular complexity index is 1330. The minimum atomic E-state index is -0.637. The van der Waals surface area contributed by atoms with Gasteiger partial charge in [-0.1, -0.05) is 57.9 Å². The van der Waals surface area contributed by atoms with E-state index in [2.05, 4.69) is 15.9 Å². The molecule has 3 aromatic rings. The number of benzene rings is 2. The third kappa shape index (κ3) is 4.18. The first-order chi connectivity index (χ1) is 15.4. The highest BCUT2D eigenvalue weighted by Gasteiger charge is 2.36. The van der Waals surface area contributed by atoms with Gasteiger partial charge in [0.15, 0.2) is 0 Å². The summed E-state index contributed by atoms with van der Waals surface area (Å²) in [5, 5.41) is 10.0. The van der Waals surface area contributed by atoms with Crippen LogP contribution >= 0.6 is 27.5 Å². The van der Waals surface area contributed by atoms with Crippen LogP contribution in [0.4, 0.5) is 0 Å². The zero-order valence-electron chi connectivity index (χ0n) is 16.9. The van der Waals surface area contributed by atoms with Gasteiger partial charge in [0.1, 0.15) is 23.2 Å². The number of hydrogen-bond donors (Lipinski definition) is 0. The summed E-state index contributed by atoms with van der Waals surface area (Å²) in [6.07, 6.45) is 1.56. The Kier molecular flexibility index (Phi) is 6.13. The smallest absolute Gasteiger partial charge is 0.271 e. The lowest BCUT2D eigenvalue weighted by Crippen LogP contribution is -2.42. The first-order valence-corrected chi connectivity index (χ1v) is 10.8. The van der Waals surface area contributed by atoms with Gasteiger partial charge in [0.25, 0.3) is 11.8 Å². The van der Waals surface area contributed by atoms with Crippen LogP contribution in [-0.4, -0.2) is 16.7 Å². The van der Waals surface area contributed by atoms with E-state index in [1.165, 1.54) is 0 Å². The molecule has 0 atom stereocenters. The van der Waals surface area contributed by atoms with Crippen molar-refractivity contribution in [1.82, 2.24) is 4.90 Å². The molecule has 7 heteroatoms. The molecule has 1 aliphatic rings. The van der Waals surface area contributed by atoms with E-state index in [1.54, 1.807) is 49.4 Å². The summed E-state index contributed by atoms with van der Waals surface area (Å²) in [5.41, 5.74) is 1.96. The molecule has 1 aliphatic heterocycles. The van der Waals surface area contributed by atoms with E-state index in [4.69, 9.17) is 16.0 Å². The van der Waals surface area contributed by atoms with Crippen molar-refractivity contribution in [3.05, 3.63) is 98.2 Å². The van der Waals surface area contributed by atoms with Crippen LogP contribution in [0.15, 0.2) is 86.3 Å². The molecule has 0 aliphatic carbocycles. The summed E-state index contributed by atoms with van der Waals surface area (Å²) >= 11 is 9.62. The van der Waals surface area contributed by atoms with Gasteiger partial charge in [-0.3, -0.25) is 14.5 Å². The Labute approximate surface area is 198 Å². The molecule has 0 fully saturated rings. The number of hydrogen-bond acceptors (Lipinski definition) is 4. The molecule has 158 valence electrons. The SMILES string of the molecule is CC1=C(C#N)C(=O)N(Cc2ccccc2Cl)C(=O)/C1=C/c1ccc(-c2ccc(Br)cc2)o1. The molecular weight excluding hydrogens is 492 g/mol. The molecule has 0 unspecified atom stereocenters. The van der Waals surface area contributed by atoms with Crippen LogP contribution in [0, 0.1) is 11.3 Å². The van der Waals surface area contributed by atoms with Crippen molar-refractivity contribution >= 4 is 45.4 Å². The van der Waals surface area contributed by atoms with Crippen LogP contribution in [0.3, 0.4) is 0 Å². The number of rotatable bonds is 4. The molecule has 2 amide bonds. The van der Waals surface area contributed by atoms with E-state index in [0.29, 0.717) is 27.7 Å². The molecule has 0 N–H and O–H groups in total. The van der Waals surface area contributed by atoms with E-state index >= 15 is 0 Å². The maximum Gasteiger partial charge on any atom is 0.271 e. The second kappa shape index (κ2) is 8.99. The standard InChI is InChI=1S/C25H16BrClN2O3/c1-15-20(12-19-10-11-23(32-19)16-6-8-18(26)9-7-16)24(30)29(25(31)21(15)13-28)14-17-4-2-3-5-22(17)27/h2-12H,14H2,1H3/b20-12+. The predicted octanol–water partition coefficient (Wildman–Crippen LogP) is 6.15. The lowest BCUT2D eigenvalue weighted by molar-refractivity contribution is -0.141. The monoisotopic (exact) mass is 506 g/mol. The summed E-state index contributed by atoms with van der Waals surface area (Å²) in [6, 6.07) is 20.1. The van der Waals surface area contributed by atoms with Gasteiger partial charge < -0.3 is 4.42 Å². The first-order valence-electron chi connectivity index (χ1n) is 9.67. The van der Waals surface area contributed by atoms with Gasteiger partial charge in [-0.25, -0.2) is 0 Å². The molecule has 32 heavy (non-hydrogen) atoms. The lowest BCUT2D eigenvalue weighted by Gasteiger charge is -2.27. The third-order valence-corrected chi connectivity index (χ3v) is 6.05. The largest absolute Gasteiger partial charge is 0.457 e. The Balaban J connectivity index is 1.72. The summed E-state index contributed by atoms with van der Waals surface area (Å²) in [6.45, 7) is 1.56. The molecule has 0 radical (unpaired) electrons. The zero-order chi connectivity index (χ0) is 22.8. The van der Waals surface area contributed by atoms with E-state index in [-0.39, 0.29) is 17.7 Å². The Morgan fingerprint density at radius 1 is 1.06 bits per heavy atom. The second-order valence-corrected chi connectivity index (χ2v) is 8.49. The van der Waals surface area contributed by atoms with Crippen molar-refractivity contribution < 1.29 is 14.0 Å². The number of furan rings is 1. The highest BCUT2D eigenvalue weighted by atomic mass is 79.9. The average molecular weight is 508 g/mol. The first kappa shape index (κ1) is 21.8. The second-order valence-electron chi connectivity index (χ2n) is 7.17. The maximum atomic E-state index is 13.2. The Morgan fingerprint density at radius 2 is 1.78 bits per heavy atom. The summed E-state index contributed by atoms with van der Waals surface area (Å²) in [7, 11) is 0. The highest BCUT2D eigenvalue weighted by Crippen LogP contribution is 2.31. The van der Waals surface area contributed by atoms with Gasteiger partial charge in [0.2, 0.25) is 0 Å². The maximum absolute atomic E-state index is 13.2. The number of carbonyl (C=O) groups excluding carboxylic acids is 2. The highest BCUT2D eigenvalue weighted by molar-refractivity contribution is 9.10. The molecule has 0 bridgehead atoms. The molecular formula is C25H16BrClN2O3. The van der Waals surface area contributed by atoms with Crippen molar-refractivity contribution in [3.63, 3.8) is 0 Å². The molecule has 0 spiro atoms. The summed E-state index contributed by atoms with van der Waals surface area (Å²) in [5.74, 6) is -0.0659. The molecule has 1 aromatic heterocycles. The van der Waals surface area contributed by atoms with Crippen molar-refractivity contribution in [3.8, 4) is 17.4 Å². The van der Waals surface area contributed by atoms with Crippen molar-refractivity contribution in [2.45, 2.75) is 13.5 Å². The van der Waals surface area contributed by atoms with Gasteiger partial charge in [-0.05, 0) is 54.5 Å². The van der Waals surface area contributed by atoms with Crippen LogP contribution in [-0.2, 0) is 16.1 Å². The number of nitrogens with zero attached hydrogens (tertiary/aromatic N) is 2. The number of halogens is 2. The summed E-state index contributed by atoms with van der Waals surface area (Å²) < 4.78 is 6.86. The third-order valence-electron chi connectivity index (χ3n) is 5.15. The minimum absolute atomic E-state index is 0.0323. The topological polar surface area (TPSA) is 74.3 Å². The number of nitriles is 1. The Hall–Kier alpha value is -3.40. The fourth-order valence-corrected chi connectivity index (χ4v) is 3.87. The fraction of sp³-hybridized carbons (Fsp3) is 0.0800. The van der Waals surface area contributed by atoms with Gasteiger partial charge >= 0.3 is 0 Å². The van der Waals surface area contributed by atoms with E-state index in [1.807, 2.05) is 30.3 Å². The lowest BCUT2D eigenvalue weighted by atomic mass is 9.94. The van der Waals surface area contributed by atoms with Crippen LogP contribution < -0.4 is 0 Å². The van der Waals surface area contributed by atoms with Crippen molar-refractivity contribution in [2.24, 2.45) is 0 Å². The van der Waals surface area contributed by atoms with Crippen LogP contribution in [0.1, 0.15) is 18.2 Å². The number of carbonyl (C=O) groups is 2. The fourth-order valence-electron chi connectivity index (χ4n) is 3.41. The normalized spacial score (nSPS) is 15.4. The number of imide groups is 1. The quantitative estimate of drug-likeness (QED) is 0.313. The molecule has 4 rings (SSSR count). The Morgan fingerprint density at radius 3 is 2.47 bits per heavy atom. The van der Waals surface area contributed by atoms with Crippen LogP contribution in [0.2, 0.25) is 5.02 Å². The van der Waals surface area contributed by atoms with Gasteiger partial charge in [0.05, 0.1) is 6.54 Å². The molecule has 5 nitrogen and oxygen atoms in total. The molecule has 2 aromatic carbocycles. The van der Waals surface area contributed by atoms with Crippen LogP contribution in [0.5, 0.6) is 0 Å². The van der Waals surface area contributed by atoms with Crippen molar-refractivity contribution in [1.29, 1.82) is 5.26 Å². The van der Waals surface area contributed by atoms with E-state index in [0.717, 1.165) is 14.9 Å². The molecule has 0 saturated heterocycles. The van der Waals surface area contributed by atoms with Gasteiger partial charge in [-0.2, -0.15) is 5.26 Å². The average Bonchev–Trinajstić information content (AvgIpc) is 3.25. The summed E-state index contributed by atoms with van der Waals surface area (Å²) in [4.78, 5) is 27.1. The van der Waals surface area contributed by atoms with E-state index in [9.17, 15) is 14.9 Å². The molecule has 0 saturated carbocycles. The van der Waals surface area contributed by atoms with Crippen molar-refractivity contribution in [2.75, 3.05) is 0 Å². The number of amides is 2. The van der Waals surface area contributed by atoms with Gasteiger partial charge in [-0.15, -0.1) is 0 Å². The molecule has 2 heterocycles. The minimum Gasteiger partial charge on any atom is -0.457 e. The zero-order valence-corrected chi connectivity index (χ0v) is 19.3. The van der Waals surface area contributed by atoms with Crippen LogP contribution in [0.25, 0.3) is 17.4 Å². The van der Waals surface area contributed by atoms with Gasteiger partial charge in [0, 0.05) is 20.6 Å².